The average molecular weight is 1120 g/mol. The van der Waals surface area contributed by atoms with Crippen LogP contribution in [0.3, 0.4) is 0 Å². The zero-order chi connectivity index (χ0) is 26.9. The Morgan fingerprint density at radius 2 is 0.323 bits per heavy atom. The molecule has 0 aliphatic rings. The van der Waals surface area contributed by atoms with Crippen LogP contribution < -0.4 is 0 Å². The van der Waals surface area contributed by atoms with Gasteiger partial charge in [-0.1, -0.05) is 0 Å². The molecular weight excluding hydrogens is 1120 g/mol. The van der Waals surface area contributed by atoms with E-state index in [-0.39, 0.29) is 0 Å². The van der Waals surface area contributed by atoms with Crippen LogP contribution in [0.1, 0.15) is 0 Å². The van der Waals surface area contributed by atoms with E-state index in [9.17, 15) is 63.6 Å². The molecule has 0 aromatic heterocycles. The Morgan fingerprint density at radius 3 is 0.387 bits per heavy atom. The second-order valence-electron chi connectivity index (χ2n) is 4.84. The van der Waals surface area contributed by atoms with E-state index in [0.717, 1.165) is 0 Å². The Kier molecular flexibility index (Phi) is 5.12. The van der Waals surface area contributed by atoms with Crippen LogP contribution in [0.2, 0.25) is 0 Å². The van der Waals surface area contributed by atoms with Gasteiger partial charge in [0.1, 0.15) is 0 Å². The van der Waals surface area contributed by atoms with Crippen LogP contribution in [0.4, 0.5) is 63.6 Å². The predicted molar refractivity (Wildman–Crippen MR) is 57.5 cm³/mol. The molecule has 0 heterocycles. The third-order valence-corrected chi connectivity index (χ3v) is 47.4. The molecule has 0 aromatic carbocycles. The molecule has 0 spiro atoms. The third kappa shape index (κ3) is 16.5. The number of halogens is 22. The molecule has 0 aromatic rings. The maximum absolute atomic E-state index is 16.3. The van der Waals surface area contributed by atoms with Gasteiger partial charge in [0.2, 0.25) is 0 Å². The first-order chi connectivity index (χ1) is 11.3. The van der Waals surface area contributed by atoms with Gasteiger partial charge in [0, 0.05) is 0 Å². The molecular formula is F22O4Te5. The number of hydrogen-bond acceptors (Lipinski definition) is 4. The standard InChI is InChI=1S/F22O4Te5/c1-27(2,3,4,5)23-31(21,22,24-28(6,7,8,9)10,25-29(11,12,13,14)15)26-30(16,17,18,19)20. The van der Waals surface area contributed by atoms with Crippen molar-refractivity contribution in [3.63, 3.8) is 0 Å². The van der Waals surface area contributed by atoms with Gasteiger partial charge >= 0.3 is 162 Å². The van der Waals surface area contributed by atoms with E-state index in [1.807, 2.05) is 0 Å². The number of hydrogen-bond donors (Lipinski definition) is 0. The van der Waals surface area contributed by atoms with Crippen LogP contribution in [0.15, 0.2) is 0 Å². The molecule has 208 valence electrons. The van der Waals surface area contributed by atoms with Crippen molar-refractivity contribution < 1.29 is 69.5 Å². The fourth-order valence-corrected chi connectivity index (χ4v) is 66.4. The van der Waals surface area contributed by atoms with E-state index >= 15 is 0 Å². The van der Waals surface area contributed by atoms with Crippen LogP contribution in [-0.2, 0) is 5.86 Å². The van der Waals surface area contributed by atoms with Gasteiger partial charge in [-0.05, 0) is 0 Å². The molecule has 0 radical (unpaired) electrons. The number of rotatable bonds is 8. The molecule has 0 rings (SSSR count). The zero-order valence-electron chi connectivity index (χ0n) is 12.0. The van der Waals surface area contributed by atoms with E-state index in [0.29, 0.717) is 0 Å². The molecule has 0 fully saturated rings. The quantitative estimate of drug-likeness (QED) is 0.193. The van der Waals surface area contributed by atoms with Crippen molar-refractivity contribution in [2.45, 2.75) is 0 Å². The van der Waals surface area contributed by atoms with Gasteiger partial charge in [-0.25, -0.2) is 0 Å². The maximum atomic E-state index is 13.8. The first-order valence-corrected chi connectivity index (χ1v) is 31.7. The van der Waals surface area contributed by atoms with Crippen molar-refractivity contribution in [3.05, 3.63) is 0 Å². The van der Waals surface area contributed by atoms with Gasteiger partial charge in [-0.2, -0.15) is 0 Å². The minimum absolute atomic E-state index is 0.518. The molecule has 0 aliphatic heterocycles. The summed E-state index contributed by atoms with van der Waals surface area (Å²) in [5.74, 6) is 0. The molecule has 31 heavy (non-hydrogen) atoms. The Labute approximate surface area is 160 Å². The normalized spacial score (nSPS) is 26.9. The summed E-state index contributed by atoms with van der Waals surface area (Å²) in [7, 11) is 0. The van der Waals surface area contributed by atoms with Crippen LogP contribution in [0.25, 0.3) is 0 Å². The van der Waals surface area contributed by atoms with Gasteiger partial charge in [0.15, 0.2) is 0 Å². The third-order valence-electron chi connectivity index (χ3n) is 1.05. The molecule has 0 aliphatic carbocycles. The topological polar surface area (TPSA) is 36.9 Å². The van der Waals surface area contributed by atoms with Gasteiger partial charge < -0.3 is 0 Å². The summed E-state index contributed by atoms with van der Waals surface area (Å²) in [6.45, 7) is 0. The van der Waals surface area contributed by atoms with E-state index in [1.165, 1.54) is 0 Å². The molecule has 0 N–H and O–H groups in total. The Hall–Kier alpha value is 2.25. The summed E-state index contributed by atoms with van der Waals surface area (Å²) in [5.41, 5.74) is 0. The molecule has 31 heteroatoms. The van der Waals surface area contributed by atoms with Crippen LogP contribution >= 0.6 is 0 Å². The van der Waals surface area contributed by atoms with Crippen LogP contribution in [0, 0.1) is 0 Å². The molecule has 0 bridgehead atoms. The zero-order valence-corrected chi connectivity index (χ0v) is 23.6. The van der Waals surface area contributed by atoms with Crippen molar-refractivity contribution in [1.82, 2.24) is 0 Å². The van der Waals surface area contributed by atoms with E-state index in [2.05, 4.69) is 0 Å². The van der Waals surface area contributed by atoms with E-state index in [1.54, 1.807) is 0 Å². The van der Waals surface area contributed by atoms with Crippen molar-refractivity contribution in [2.75, 3.05) is 0 Å². The van der Waals surface area contributed by atoms with Gasteiger partial charge in [-0.3, -0.25) is 0 Å². The van der Waals surface area contributed by atoms with Crippen molar-refractivity contribution in [1.29, 1.82) is 0 Å². The summed E-state index contributed by atoms with van der Waals surface area (Å²) >= 11 is -75.5. The van der Waals surface area contributed by atoms with E-state index < -0.39 is 98.8 Å². The molecule has 0 atom stereocenters. The minimum atomic E-state index is -16.3. The first-order valence-electron chi connectivity index (χ1n) is 4.73. The Bertz CT molecular complexity index is 685. The van der Waals surface area contributed by atoms with Crippen molar-refractivity contribution in [3.8, 4) is 0 Å². The molecule has 0 unspecified atom stereocenters. The summed E-state index contributed by atoms with van der Waals surface area (Å²) in [6, 6.07) is 0. The molecule has 4 nitrogen and oxygen atoms in total. The van der Waals surface area contributed by atoms with Crippen molar-refractivity contribution in [2.24, 2.45) is 0 Å². The fraction of sp³-hybridized carbons (Fsp3) is 0. The summed E-state index contributed by atoms with van der Waals surface area (Å²) in [5, 5.41) is 0. The average Bonchev–Trinajstić information content (AvgIpc) is 1.58. The van der Waals surface area contributed by atoms with Crippen LogP contribution in [0.5, 0.6) is 0 Å². The fourth-order valence-electron chi connectivity index (χ4n) is 1.09. The van der Waals surface area contributed by atoms with Crippen molar-refractivity contribution >= 4 is 93.0 Å². The molecule has 0 saturated carbocycles. The molecule has 0 saturated heterocycles. The van der Waals surface area contributed by atoms with Crippen LogP contribution in [-0.4, -0.2) is 93.0 Å². The second-order valence-corrected chi connectivity index (χ2v) is 42.9. The van der Waals surface area contributed by atoms with E-state index in [4.69, 9.17) is 0 Å². The summed E-state index contributed by atoms with van der Waals surface area (Å²) in [6.07, 6.45) is 0. The molecule has 0 amide bonds. The second kappa shape index (κ2) is 4.77. The van der Waals surface area contributed by atoms with Gasteiger partial charge in [-0.15, -0.1) is 0 Å². The van der Waals surface area contributed by atoms with Gasteiger partial charge in [0.25, 0.3) is 0 Å². The summed E-state index contributed by atoms with van der Waals surface area (Å²) < 4.78 is 267. The predicted octanol–water partition coefficient (Wildman–Crippen LogP) is 7.07. The van der Waals surface area contributed by atoms with Gasteiger partial charge in [0.05, 0.1) is 0 Å². The summed E-state index contributed by atoms with van der Waals surface area (Å²) in [4.78, 5) is 0. The monoisotopic (exact) mass is 1130 g/mol. The Morgan fingerprint density at radius 1 is 0.226 bits per heavy atom. The first kappa shape index (κ1) is 33.2. The Balaban J connectivity index is 8.20. The SMILES string of the molecule is F[Te](F)(F)(F)(F)O[Te](F)(F)(O[Te](F)(F)(F)(F)F)(O[Te](F)(F)(F)(F)F)O[Te](F)(F)(F)(F)F.